The Kier molecular flexibility index (Phi) is 4.82. The van der Waals surface area contributed by atoms with Gasteiger partial charge in [-0.3, -0.25) is 0 Å². The average molecular weight is 575 g/mol. The van der Waals surface area contributed by atoms with Crippen LogP contribution in [0.4, 0.5) is 0 Å². The van der Waals surface area contributed by atoms with Crippen LogP contribution in [0.25, 0.3) is 76.9 Å². The van der Waals surface area contributed by atoms with E-state index in [2.05, 4.69) is 169 Å². The summed E-state index contributed by atoms with van der Waals surface area (Å²) in [5.41, 5.74) is 12.7. The van der Waals surface area contributed by atoms with E-state index in [4.69, 9.17) is 0 Å². The molecule has 0 atom stereocenters. The first-order chi connectivity index (χ1) is 22.1. The molecule has 0 saturated carbocycles. The van der Waals surface area contributed by atoms with Crippen LogP contribution in [0.1, 0.15) is 25.0 Å². The normalized spacial score (nSPS) is 13.7. The highest BCUT2D eigenvalue weighted by Gasteiger charge is 2.39. The molecule has 0 radical (unpaired) electrons. The van der Waals surface area contributed by atoms with Gasteiger partial charge in [-0.2, -0.15) is 0 Å². The van der Waals surface area contributed by atoms with Gasteiger partial charge >= 0.3 is 0 Å². The number of hydrogen-bond acceptors (Lipinski definition) is 0. The number of hydrogen-bond donors (Lipinski definition) is 0. The van der Waals surface area contributed by atoms with Crippen molar-refractivity contribution >= 4 is 54.4 Å². The molecule has 212 valence electrons. The Labute approximate surface area is 261 Å². The van der Waals surface area contributed by atoms with Crippen LogP contribution in [0.5, 0.6) is 0 Å². The molecule has 0 amide bonds. The van der Waals surface area contributed by atoms with Gasteiger partial charge in [0.15, 0.2) is 0 Å². The Morgan fingerprint density at radius 1 is 0.400 bits per heavy atom. The lowest BCUT2D eigenvalue weighted by Crippen LogP contribution is -2.16. The zero-order valence-corrected chi connectivity index (χ0v) is 25.3. The molecule has 45 heavy (non-hydrogen) atoms. The fourth-order valence-electron chi connectivity index (χ4n) is 8.53. The van der Waals surface area contributed by atoms with Gasteiger partial charge in [0.05, 0.1) is 27.8 Å². The first kappa shape index (κ1) is 24.8. The number of rotatable bonds is 2. The summed E-state index contributed by atoms with van der Waals surface area (Å²) < 4.78 is 4.93. The van der Waals surface area contributed by atoms with Crippen LogP contribution in [-0.4, -0.2) is 9.13 Å². The quantitative estimate of drug-likeness (QED) is 0.194. The summed E-state index contributed by atoms with van der Waals surface area (Å²) in [7, 11) is 0. The Bertz CT molecular complexity index is 2670. The van der Waals surface area contributed by atoms with Crippen molar-refractivity contribution in [1.29, 1.82) is 0 Å². The second kappa shape index (κ2) is 8.74. The summed E-state index contributed by atoms with van der Waals surface area (Å²) in [6.45, 7) is 4.84. The molecule has 0 N–H and O–H groups in total. The third-order valence-corrected chi connectivity index (χ3v) is 10.2. The highest BCUT2D eigenvalue weighted by atomic mass is 15.0. The van der Waals surface area contributed by atoms with Gasteiger partial charge in [-0.15, -0.1) is 0 Å². The number of benzene rings is 7. The Balaban J connectivity index is 1.35. The van der Waals surface area contributed by atoms with E-state index in [0.29, 0.717) is 0 Å². The third-order valence-electron chi connectivity index (χ3n) is 10.2. The van der Waals surface area contributed by atoms with Crippen LogP contribution in [0.2, 0.25) is 0 Å². The van der Waals surface area contributed by atoms with Crippen LogP contribution in [0, 0.1) is 0 Å². The molecule has 2 heterocycles. The zero-order valence-electron chi connectivity index (χ0n) is 25.3. The van der Waals surface area contributed by atoms with Crippen molar-refractivity contribution in [2.75, 3.05) is 0 Å². The smallest absolute Gasteiger partial charge is 0.0562 e. The minimum absolute atomic E-state index is 0.157. The van der Waals surface area contributed by atoms with Crippen LogP contribution >= 0.6 is 0 Å². The molecule has 7 aromatic carbocycles. The van der Waals surface area contributed by atoms with Crippen molar-refractivity contribution in [2.24, 2.45) is 0 Å². The van der Waals surface area contributed by atoms with E-state index in [1.165, 1.54) is 88.0 Å². The molecule has 10 rings (SSSR count). The summed E-state index contributed by atoms with van der Waals surface area (Å²) >= 11 is 0. The second-order valence-corrected chi connectivity index (χ2v) is 12.9. The van der Waals surface area contributed by atoms with Crippen LogP contribution in [-0.2, 0) is 5.41 Å². The van der Waals surface area contributed by atoms with Gasteiger partial charge in [0.2, 0.25) is 0 Å². The van der Waals surface area contributed by atoms with E-state index in [-0.39, 0.29) is 5.41 Å². The molecule has 9 aromatic rings. The number of fused-ring (bicyclic) bond motifs is 12. The van der Waals surface area contributed by atoms with Crippen molar-refractivity contribution in [3.05, 3.63) is 157 Å². The van der Waals surface area contributed by atoms with Crippen molar-refractivity contribution in [1.82, 2.24) is 9.13 Å². The van der Waals surface area contributed by atoms with E-state index in [0.717, 1.165) is 0 Å². The molecule has 0 fully saturated rings. The maximum atomic E-state index is 2.52. The Morgan fingerprint density at radius 2 is 0.978 bits per heavy atom. The molecule has 1 aliphatic carbocycles. The van der Waals surface area contributed by atoms with Crippen LogP contribution < -0.4 is 0 Å². The highest BCUT2D eigenvalue weighted by molar-refractivity contribution is 6.19. The molecule has 2 nitrogen and oxygen atoms in total. The summed E-state index contributed by atoms with van der Waals surface area (Å²) in [5.74, 6) is 0. The number of para-hydroxylation sites is 3. The monoisotopic (exact) mass is 574 g/mol. The summed E-state index contributed by atoms with van der Waals surface area (Å²) in [6, 6.07) is 53.6. The molecular weight excluding hydrogens is 544 g/mol. The molecule has 2 heteroatoms. The number of nitrogens with zero attached hydrogens (tertiary/aromatic N) is 2. The fraction of sp³-hybridized carbons (Fsp3) is 0.0698. The van der Waals surface area contributed by atoms with E-state index < -0.39 is 0 Å². The summed E-state index contributed by atoms with van der Waals surface area (Å²) in [6.07, 6.45) is 0. The van der Waals surface area contributed by atoms with Crippen molar-refractivity contribution in [3.63, 3.8) is 0 Å². The van der Waals surface area contributed by atoms with E-state index in [9.17, 15) is 0 Å². The topological polar surface area (TPSA) is 9.86 Å². The molecule has 0 saturated heterocycles. The number of aromatic nitrogens is 2. The van der Waals surface area contributed by atoms with Gasteiger partial charge in [-0.1, -0.05) is 117 Å². The van der Waals surface area contributed by atoms with E-state index >= 15 is 0 Å². The van der Waals surface area contributed by atoms with E-state index in [1.807, 2.05) is 0 Å². The van der Waals surface area contributed by atoms with Gasteiger partial charge in [0.1, 0.15) is 0 Å². The van der Waals surface area contributed by atoms with Crippen LogP contribution in [0.15, 0.2) is 146 Å². The van der Waals surface area contributed by atoms with Crippen molar-refractivity contribution in [3.8, 4) is 22.5 Å². The molecule has 0 aliphatic heterocycles. The predicted molar refractivity (Wildman–Crippen MR) is 190 cm³/mol. The second-order valence-electron chi connectivity index (χ2n) is 12.9. The lowest BCUT2D eigenvalue weighted by atomic mass is 9.78. The predicted octanol–water partition coefficient (Wildman–Crippen LogP) is 11.3. The molecule has 1 aliphatic rings. The summed E-state index contributed by atoms with van der Waals surface area (Å²) in [5, 5.41) is 7.85. The zero-order chi connectivity index (χ0) is 29.9. The largest absolute Gasteiger partial charge is 0.309 e. The minimum atomic E-state index is -0.157. The average Bonchev–Trinajstić information content (AvgIpc) is 3.68. The molecule has 0 spiro atoms. The van der Waals surface area contributed by atoms with Gasteiger partial charge in [-0.05, 0) is 75.5 Å². The van der Waals surface area contributed by atoms with Gasteiger partial charge in [-0.25, -0.2) is 0 Å². The van der Waals surface area contributed by atoms with Crippen molar-refractivity contribution in [2.45, 2.75) is 19.3 Å². The van der Waals surface area contributed by atoms with Crippen LogP contribution in [0.3, 0.4) is 0 Å². The molecule has 0 unspecified atom stereocenters. The summed E-state index contributed by atoms with van der Waals surface area (Å²) in [4.78, 5) is 0. The standard InChI is InChI=1S/C43H30N2/c1-43(2)41-29-16-7-6-13-27(29)23-24-30(41)31-25-26-38-40(42(31)43)33-18-9-11-20-35(33)45(38)37-22-12-21-36-39(37)32-17-8-10-19-34(32)44(36)28-14-4-3-5-15-28/h3-26H,1-2H3. The van der Waals surface area contributed by atoms with E-state index in [1.54, 1.807) is 0 Å². The lowest BCUT2D eigenvalue weighted by Gasteiger charge is -2.24. The SMILES string of the molecule is CC1(C)c2c(ccc3ccccc23)-c2ccc3c(c21)c1ccccc1n3-c1cccc2c1c1ccccc1n2-c1ccccc1. The van der Waals surface area contributed by atoms with Gasteiger partial charge in [0.25, 0.3) is 0 Å². The minimum Gasteiger partial charge on any atom is -0.309 e. The molecule has 2 aromatic heterocycles. The Morgan fingerprint density at radius 3 is 1.78 bits per heavy atom. The Hall–Kier alpha value is -5.60. The maximum absolute atomic E-state index is 2.52. The maximum Gasteiger partial charge on any atom is 0.0562 e. The first-order valence-electron chi connectivity index (χ1n) is 15.8. The highest BCUT2D eigenvalue weighted by Crippen LogP contribution is 2.55. The van der Waals surface area contributed by atoms with Crippen molar-refractivity contribution < 1.29 is 0 Å². The molecular formula is C43H30N2. The lowest BCUT2D eigenvalue weighted by molar-refractivity contribution is 0.672. The fourth-order valence-corrected chi connectivity index (χ4v) is 8.53. The molecule has 0 bridgehead atoms. The van der Waals surface area contributed by atoms with Gasteiger partial charge < -0.3 is 9.13 Å². The first-order valence-corrected chi connectivity index (χ1v) is 15.8. The van der Waals surface area contributed by atoms with Gasteiger partial charge in [0, 0.05) is 32.6 Å². The third kappa shape index (κ3) is 3.13.